The van der Waals surface area contributed by atoms with Crippen LogP contribution in [0.1, 0.15) is 10.4 Å². The predicted molar refractivity (Wildman–Crippen MR) is 62.9 cm³/mol. The standard InChI is InChI=1S/C12H8F3N3O2/c1-20-6-2-3-16-9(4-6)18-12(19)7-5-8(13)17-11(15)10(7)14/h2-5H,1H3,(H,16,18,19). The van der Waals surface area contributed by atoms with Crippen LogP contribution in [0.15, 0.2) is 24.4 Å². The number of aromatic nitrogens is 2. The summed E-state index contributed by atoms with van der Waals surface area (Å²) in [6.45, 7) is 0. The molecule has 2 rings (SSSR count). The van der Waals surface area contributed by atoms with E-state index in [0.29, 0.717) is 11.8 Å². The van der Waals surface area contributed by atoms with Crippen LogP contribution in [0.25, 0.3) is 0 Å². The summed E-state index contributed by atoms with van der Waals surface area (Å²) in [5.41, 5.74) is -0.806. The Hall–Kier alpha value is -2.64. The summed E-state index contributed by atoms with van der Waals surface area (Å²) < 4.78 is 44.1. The van der Waals surface area contributed by atoms with E-state index in [1.165, 1.54) is 25.4 Å². The molecule has 0 unspecified atom stereocenters. The Morgan fingerprint density at radius 3 is 2.75 bits per heavy atom. The fraction of sp³-hybridized carbons (Fsp3) is 0.0833. The van der Waals surface area contributed by atoms with E-state index >= 15 is 0 Å². The van der Waals surface area contributed by atoms with Crippen LogP contribution in [0.3, 0.4) is 0 Å². The quantitative estimate of drug-likeness (QED) is 0.877. The van der Waals surface area contributed by atoms with Gasteiger partial charge in [-0.05, 0) is 6.07 Å². The highest BCUT2D eigenvalue weighted by molar-refractivity contribution is 6.03. The minimum atomic E-state index is -1.69. The molecule has 0 fully saturated rings. The number of nitrogens with zero attached hydrogens (tertiary/aromatic N) is 2. The van der Waals surface area contributed by atoms with E-state index in [2.05, 4.69) is 15.3 Å². The number of anilines is 1. The van der Waals surface area contributed by atoms with Gasteiger partial charge in [0.2, 0.25) is 5.95 Å². The smallest absolute Gasteiger partial charge is 0.260 e. The van der Waals surface area contributed by atoms with Crippen molar-refractivity contribution in [1.82, 2.24) is 9.97 Å². The molecule has 5 nitrogen and oxygen atoms in total. The van der Waals surface area contributed by atoms with Crippen LogP contribution >= 0.6 is 0 Å². The van der Waals surface area contributed by atoms with Gasteiger partial charge >= 0.3 is 0 Å². The number of amides is 1. The maximum Gasteiger partial charge on any atom is 0.260 e. The van der Waals surface area contributed by atoms with Crippen LogP contribution in [-0.2, 0) is 0 Å². The van der Waals surface area contributed by atoms with E-state index in [-0.39, 0.29) is 5.82 Å². The first-order chi connectivity index (χ1) is 9.51. The molecule has 0 aliphatic carbocycles. The van der Waals surface area contributed by atoms with Crippen molar-refractivity contribution in [1.29, 1.82) is 0 Å². The fourth-order valence-electron chi connectivity index (χ4n) is 1.42. The second-order valence-corrected chi connectivity index (χ2v) is 3.63. The summed E-state index contributed by atoms with van der Waals surface area (Å²) in [4.78, 5) is 18.2. The number of hydrogen-bond acceptors (Lipinski definition) is 4. The lowest BCUT2D eigenvalue weighted by molar-refractivity contribution is 0.102. The zero-order valence-corrected chi connectivity index (χ0v) is 10.2. The SMILES string of the molecule is COc1ccnc(NC(=O)c2cc(F)nc(F)c2F)c1. The van der Waals surface area contributed by atoms with Gasteiger partial charge in [0.1, 0.15) is 11.6 Å². The highest BCUT2D eigenvalue weighted by Gasteiger charge is 2.19. The maximum absolute atomic E-state index is 13.4. The number of ether oxygens (including phenoxy) is 1. The molecule has 0 spiro atoms. The largest absolute Gasteiger partial charge is 0.497 e. The van der Waals surface area contributed by atoms with Crippen molar-refractivity contribution in [2.45, 2.75) is 0 Å². The molecule has 2 heterocycles. The Morgan fingerprint density at radius 2 is 2.05 bits per heavy atom. The number of hydrogen-bond donors (Lipinski definition) is 1. The molecule has 1 N–H and O–H groups in total. The van der Waals surface area contributed by atoms with Crippen molar-refractivity contribution in [2.75, 3.05) is 12.4 Å². The van der Waals surface area contributed by atoms with Gasteiger partial charge < -0.3 is 10.1 Å². The van der Waals surface area contributed by atoms with Gasteiger partial charge in [0.25, 0.3) is 11.9 Å². The summed E-state index contributed by atoms with van der Waals surface area (Å²) in [5, 5.41) is 2.20. The molecule has 0 saturated heterocycles. The monoisotopic (exact) mass is 283 g/mol. The number of methoxy groups -OCH3 is 1. The van der Waals surface area contributed by atoms with Crippen LogP contribution < -0.4 is 10.1 Å². The molecular formula is C12H8F3N3O2. The van der Waals surface area contributed by atoms with E-state index in [1.54, 1.807) is 0 Å². The molecule has 0 saturated carbocycles. The summed E-state index contributed by atoms with van der Waals surface area (Å²) in [6.07, 6.45) is 1.35. The topological polar surface area (TPSA) is 64.1 Å². The lowest BCUT2D eigenvalue weighted by atomic mass is 10.2. The summed E-state index contributed by atoms with van der Waals surface area (Å²) >= 11 is 0. The van der Waals surface area contributed by atoms with E-state index < -0.39 is 29.2 Å². The summed E-state index contributed by atoms with van der Waals surface area (Å²) in [6, 6.07) is 3.39. The molecule has 20 heavy (non-hydrogen) atoms. The van der Waals surface area contributed by atoms with E-state index in [1.807, 2.05) is 0 Å². The third kappa shape index (κ3) is 2.85. The first kappa shape index (κ1) is 13.8. The zero-order valence-electron chi connectivity index (χ0n) is 10.2. The molecule has 0 aromatic carbocycles. The fourth-order valence-corrected chi connectivity index (χ4v) is 1.42. The van der Waals surface area contributed by atoms with Crippen molar-refractivity contribution in [3.8, 4) is 5.75 Å². The minimum absolute atomic E-state index is 0.0476. The van der Waals surface area contributed by atoms with Crippen molar-refractivity contribution in [2.24, 2.45) is 0 Å². The van der Waals surface area contributed by atoms with Gasteiger partial charge in [-0.25, -0.2) is 9.37 Å². The van der Waals surface area contributed by atoms with Crippen LogP contribution in [-0.4, -0.2) is 23.0 Å². The van der Waals surface area contributed by atoms with Crippen LogP contribution in [0.2, 0.25) is 0 Å². The molecule has 0 atom stereocenters. The Kier molecular flexibility index (Phi) is 3.83. The summed E-state index contributed by atoms with van der Waals surface area (Å²) in [5.74, 6) is -5.12. The second-order valence-electron chi connectivity index (χ2n) is 3.63. The van der Waals surface area contributed by atoms with Crippen LogP contribution in [0.4, 0.5) is 19.0 Å². The van der Waals surface area contributed by atoms with Crippen molar-refractivity contribution < 1.29 is 22.7 Å². The Balaban J connectivity index is 2.28. The van der Waals surface area contributed by atoms with Gasteiger partial charge in [-0.1, -0.05) is 0 Å². The van der Waals surface area contributed by atoms with Gasteiger partial charge in [-0.3, -0.25) is 4.79 Å². The van der Waals surface area contributed by atoms with Gasteiger partial charge in [0, 0.05) is 18.3 Å². The molecule has 1 amide bonds. The average Bonchev–Trinajstić information content (AvgIpc) is 2.43. The van der Waals surface area contributed by atoms with Crippen molar-refractivity contribution in [3.63, 3.8) is 0 Å². The number of carbonyl (C=O) groups excluding carboxylic acids is 1. The Morgan fingerprint density at radius 1 is 1.30 bits per heavy atom. The number of rotatable bonds is 3. The first-order valence-electron chi connectivity index (χ1n) is 5.34. The van der Waals surface area contributed by atoms with E-state index in [0.717, 1.165) is 0 Å². The Labute approximate surface area is 111 Å². The lowest BCUT2D eigenvalue weighted by Crippen LogP contribution is -2.16. The highest BCUT2D eigenvalue weighted by atomic mass is 19.2. The van der Waals surface area contributed by atoms with E-state index in [4.69, 9.17) is 4.74 Å². The Bertz CT molecular complexity index is 664. The third-order valence-corrected chi connectivity index (χ3v) is 2.34. The van der Waals surface area contributed by atoms with Gasteiger partial charge in [-0.2, -0.15) is 13.8 Å². The maximum atomic E-state index is 13.4. The molecule has 104 valence electrons. The number of pyridine rings is 2. The number of nitrogens with one attached hydrogen (secondary N) is 1. The number of carbonyl (C=O) groups is 1. The molecule has 0 radical (unpaired) electrons. The van der Waals surface area contributed by atoms with Crippen molar-refractivity contribution in [3.05, 3.63) is 47.7 Å². The second kappa shape index (κ2) is 5.55. The third-order valence-electron chi connectivity index (χ3n) is 2.34. The van der Waals surface area contributed by atoms with E-state index in [9.17, 15) is 18.0 Å². The van der Waals surface area contributed by atoms with Crippen molar-refractivity contribution >= 4 is 11.7 Å². The average molecular weight is 283 g/mol. The first-order valence-corrected chi connectivity index (χ1v) is 5.34. The summed E-state index contributed by atoms with van der Waals surface area (Å²) in [7, 11) is 1.41. The van der Waals surface area contributed by atoms with Gasteiger partial charge in [0.05, 0.1) is 12.7 Å². The predicted octanol–water partition coefficient (Wildman–Crippen LogP) is 2.15. The minimum Gasteiger partial charge on any atom is -0.497 e. The molecule has 2 aromatic rings. The molecular weight excluding hydrogens is 275 g/mol. The van der Waals surface area contributed by atoms with Gasteiger partial charge in [-0.15, -0.1) is 0 Å². The molecule has 0 aliphatic heterocycles. The zero-order chi connectivity index (χ0) is 14.7. The normalized spacial score (nSPS) is 10.2. The van der Waals surface area contributed by atoms with Crippen LogP contribution in [0.5, 0.6) is 5.75 Å². The van der Waals surface area contributed by atoms with Gasteiger partial charge in [0.15, 0.2) is 5.82 Å². The van der Waals surface area contributed by atoms with Crippen LogP contribution in [0, 0.1) is 17.7 Å². The number of halogens is 3. The molecule has 0 bridgehead atoms. The lowest BCUT2D eigenvalue weighted by Gasteiger charge is -2.07. The highest BCUT2D eigenvalue weighted by Crippen LogP contribution is 2.16. The molecule has 0 aliphatic rings. The molecule has 8 heteroatoms. The molecule has 2 aromatic heterocycles.